The van der Waals surface area contributed by atoms with Crippen molar-refractivity contribution in [1.29, 1.82) is 0 Å². The summed E-state index contributed by atoms with van der Waals surface area (Å²) >= 11 is 0. The van der Waals surface area contributed by atoms with Crippen LogP contribution in [0.1, 0.15) is 18.9 Å². The molecule has 0 N–H and O–H groups in total. The molecule has 0 unspecified atom stereocenters. The number of methoxy groups -OCH3 is 1. The van der Waals surface area contributed by atoms with Gasteiger partial charge >= 0.3 is 12.6 Å². The van der Waals surface area contributed by atoms with E-state index in [0.29, 0.717) is 18.5 Å². The van der Waals surface area contributed by atoms with Gasteiger partial charge in [-0.1, -0.05) is 6.07 Å². The molecule has 0 radical (unpaired) electrons. The summed E-state index contributed by atoms with van der Waals surface area (Å²) in [6, 6.07) is 3.69. The van der Waals surface area contributed by atoms with Crippen molar-refractivity contribution in [3.05, 3.63) is 29.8 Å². The van der Waals surface area contributed by atoms with Crippen molar-refractivity contribution >= 4 is 27.8 Å². The first-order valence-corrected chi connectivity index (χ1v) is 10.9. The second-order valence-corrected chi connectivity index (χ2v) is 8.70. The van der Waals surface area contributed by atoms with E-state index in [9.17, 15) is 26.8 Å². The van der Waals surface area contributed by atoms with Crippen LogP contribution >= 0.6 is 0 Å². The summed E-state index contributed by atoms with van der Waals surface area (Å²) in [5, 5.41) is 0. The van der Waals surface area contributed by atoms with Crippen molar-refractivity contribution in [1.82, 2.24) is 4.90 Å². The molecule has 1 aromatic rings. The van der Waals surface area contributed by atoms with Gasteiger partial charge in [0.05, 0.1) is 18.6 Å². The zero-order chi connectivity index (χ0) is 22.3. The zero-order valence-electron chi connectivity index (χ0n) is 16.5. The molecule has 1 amide bonds. The first kappa shape index (κ1) is 23.6. The van der Waals surface area contributed by atoms with Crippen LogP contribution < -0.4 is 9.47 Å². The molecule has 0 spiro atoms. The summed E-state index contributed by atoms with van der Waals surface area (Å²) in [6.45, 7) is -1.49. The van der Waals surface area contributed by atoms with Gasteiger partial charge in [-0.15, -0.1) is 0 Å². The Hall–Kier alpha value is -2.69. The number of benzene rings is 1. The SMILES string of the molecule is CCN(C(=O)COC(=O)/C=C/c1ccc(OC(F)F)c(OC)c1)[C@@H]1CCS(=O)(=O)C1. The van der Waals surface area contributed by atoms with Crippen LogP contribution in [-0.2, 0) is 24.2 Å². The maximum atomic E-state index is 12.3. The number of hydrogen-bond donors (Lipinski definition) is 0. The topological polar surface area (TPSA) is 99.2 Å². The molecule has 1 saturated heterocycles. The van der Waals surface area contributed by atoms with Gasteiger partial charge < -0.3 is 19.1 Å². The van der Waals surface area contributed by atoms with Crippen LogP contribution in [0.5, 0.6) is 11.5 Å². The van der Waals surface area contributed by atoms with Gasteiger partial charge in [0, 0.05) is 18.7 Å². The second kappa shape index (κ2) is 10.4. The minimum atomic E-state index is -3.14. The minimum Gasteiger partial charge on any atom is -0.493 e. The highest BCUT2D eigenvalue weighted by Crippen LogP contribution is 2.29. The fourth-order valence-electron chi connectivity index (χ4n) is 3.07. The zero-order valence-corrected chi connectivity index (χ0v) is 17.4. The lowest BCUT2D eigenvalue weighted by atomic mass is 10.2. The summed E-state index contributed by atoms with van der Waals surface area (Å²) in [7, 11) is -1.86. The summed E-state index contributed by atoms with van der Waals surface area (Å²) in [5.74, 6) is -1.40. The summed E-state index contributed by atoms with van der Waals surface area (Å²) in [5.41, 5.74) is 0.461. The van der Waals surface area contributed by atoms with Gasteiger partial charge in [0.25, 0.3) is 5.91 Å². The van der Waals surface area contributed by atoms with Crippen LogP contribution in [0.2, 0.25) is 0 Å². The molecule has 30 heavy (non-hydrogen) atoms. The average molecular weight is 447 g/mol. The maximum absolute atomic E-state index is 12.3. The third-order valence-electron chi connectivity index (χ3n) is 4.46. The van der Waals surface area contributed by atoms with E-state index in [2.05, 4.69) is 4.74 Å². The molecule has 2 rings (SSSR count). The quantitative estimate of drug-likeness (QED) is 0.421. The molecule has 11 heteroatoms. The van der Waals surface area contributed by atoms with Crippen molar-refractivity contribution in [2.24, 2.45) is 0 Å². The van der Waals surface area contributed by atoms with Gasteiger partial charge in [0.1, 0.15) is 0 Å². The number of alkyl halides is 2. The summed E-state index contributed by atoms with van der Waals surface area (Å²) < 4.78 is 62.1. The van der Waals surface area contributed by atoms with Crippen LogP contribution in [0.25, 0.3) is 6.08 Å². The van der Waals surface area contributed by atoms with Crippen LogP contribution in [0.3, 0.4) is 0 Å². The Kier molecular flexibility index (Phi) is 8.16. The maximum Gasteiger partial charge on any atom is 0.387 e. The van der Waals surface area contributed by atoms with Gasteiger partial charge in [0.15, 0.2) is 27.9 Å². The van der Waals surface area contributed by atoms with E-state index in [0.717, 1.165) is 6.08 Å². The molecule has 1 aliphatic rings. The van der Waals surface area contributed by atoms with Crippen molar-refractivity contribution in [3.63, 3.8) is 0 Å². The average Bonchev–Trinajstić information content (AvgIpc) is 3.05. The number of sulfone groups is 1. The van der Waals surface area contributed by atoms with Crippen molar-refractivity contribution < 1.29 is 41.0 Å². The van der Waals surface area contributed by atoms with Gasteiger partial charge in [-0.05, 0) is 37.1 Å². The third-order valence-corrected chi connectivity index (χ3v) is 6.21. The number of halogens is 2. The lowest BCUT2D eigenvalue weighted by Crippen LogP contribution is -2.43. The van der Waals surface area contributed by atoms with Crippen molar-refractivity contribution in [3.8, 4) is 11.5 Å². The largest absolute Gasteiger partial charge is 0.493 e. The number of nitrogens with zero attached hydrogens (tertiary/aromatic N) is 1. The Morgan fingerprint density at radius 1 is 1.30 bits per heavy atom. The standard InChI is InChI=1S/C19H23F2NO7S/c1-3-22(14-8-9-30(25,26)12-14)17(23)11-28-18(24)7-5-13-4-6-15(29-19(20)21)16(10-13)27-2/h4-7,10,14,19H,3,8-9,11-12H2,1-2H3/b7-5+/t14-/m1/s1. The number of rotatable bonds is 9. The summed E-state index contributed by atoms with van der Waals surface area (Å²) in [4.78, 5) is 25.6. The number of amides is 1. The number of hydrogen-bond acceptors (Lipinski definition) is 7. The fraction of sp³-hybridized carbons (Fsp3) is 0.474. The van der Waals surface area contributed by atoms with Crippen LogP contribution in [0.15, 0.2) is 24.3 Å². The summed E-state index contributed by atoms with van der Waals surface area (Å²) in [6.07, 6.45) is 2.80. The molecular formula is C19H23F2NO7S. The predicted octanol–water partition coefficient (Wildman–Crippen LogP) is 1.89. The molecule has 1 heterocycles. The molecule has 0 aromatic heterocycles. The second-order valence-electron chi connectivity index (χ2n) is 6.47. The van der Waals surface area contributed by atoms with E-state index < -0.39 is 41.0 Å². The number of ether oxygens (including phenoxy) is 3. The highest BCUT2D eigenvalue weighted by molar-refractivity contribution is 7.91. The molecule has 1 atom stereocenters. The van der Waals surface area contributed by atoms with Crippen molar-refractivity contribution in [2.45, 2.75) is 26.0 Å². The van der Waals surface area contributed by atoms with E-state index in [-0.39, 0.29) is 23.0 Å². The predicted molar refractivity (Wildman–Crippen MR) is 104 cm³/mol. The Balaban J connectivity index is 1.92. The van der Waals surface area contributed by atoms with Gasteiger partial charge in [-0.2, -0.15) is 8.78 Å². The molecule has 1 fully saturated rings. The third kappa shape index (κ3) is 6.68. The van der Waals surface area contributed by atoms with Crippen LogP contribution in [0.4, 0.5) is 8.78 Å². The first-order chi connectivity index (χ1) is 14.1. The highest BCUT2D eigenvalue weighted by Gasteiger charge is 2.34. The number of carbonyl (C=O) groups is 2. The Bertz CT molecular complexity index is 902. The molecule has 166 valence electrons. The normalized spacial score (nSPS) is 17.8. The van der Waals surface area contributed by atoms with Crippen molar-refractivity contribution in [2.75, 3.05) is 31.8 Å². The monoisotopic (exact) mass is 447 g/mol. The van der Waals surface area contributed by atoms with Crippen LogP contribution in [-0.4, -0.2) is 69.6 Å². The molecule has 0 saturated carbocycles. The van der Waals surface area contributed by atoms with Gasteiger partial charge in [-0.25, -0.2) is 13.2 Å². The number of likely N-dealkylation sites (N-methyl/N-ethyl adjacent to an activating group) is 1. The van der Waals surface area contributed by atoms with Gasteiger partial charge in [-0.3, -0.25) is 4.79 Å². The molecule has 0 aliphatic carbocycles. The molecule has 0 bridgehead atoms. The van der Waals surface area contributed by atoms with E-state index in [1.165, 1.54) is 36.3 Å². The van der Waals surface area contributed by atoms with E-state index in [1.54, 1.807) is 6.92 Å². The fourth-order valence-corrected chi connectivity index (χ4v) is 4.80. The minimum absolute atomic E-state index is 0.0363. The van der Waals surface area contributed by atoms with E-state index >= 15 is 0 Å². The molecule has 1 aromatic carbocycles. The lowest BCUT2D eigenvalue weighted by molar-refractivity contribution is -0.149. The van der Waals surface area contributed by atoms with Gasteiger partial charge in [0.2, 0.25) is 0 Å². The Morgan fingerprint density at radius 3 is 2.60 bits per heavy atom. The molecular weight excluding hydrogens is 424 g/mol. The van der Waals surface area contributed by atoms with Crippen LogP contribution in [0, 0.1) is 0 Å². The first-order valence-electron chi connectivity index (χ1n) is 9.12. The lowest BCUT2D eigenvalue weighted by Gasteiger charge is -2.26. The molecule has 1 aliphatic heterocycles. The Morgan fingerprint density at radius 2 is 2.03 bits per heavy atom. The smallest absolute Gasteiger partial charge is 0.387 e. The molecule has 8 nitrogen and oxygen atoms in total. The van der Waals surface area contributed by atoms with E-state index in [4.69, 9.17) is 9.47 Å². The number of carbonyl (C=O) groups excluding carboxylic acids is 2. The highest BCUT2D eigenvalue weighted by atomic mass is 32.2. The Labute approximate surface area is 173 Å². The number of esters is 1. The van der Waals surface area contributed by atoms with E-state index in [1.807, 2.05) is 0 Å².